The van der Waals surface area contributed by atoms with Crippen LogP contribution in [0.2, 0.25) is 0 Å². The molecule has 2 unspecified atom stereocenters. The Bertz CT molecular complexity index is 123. The molecule has 4 heteroatoms. The van der Waals surface area contributed by atoms with Crippen molar-refractivity contribution in [2.45, 2.75) is 52.0 Å². The first kappa shape index (κ1) is 13.8. The molecule has 0 heterocycles. The lowest BCUT2D eigenvalue weighted by Gasteiger charge is -2.31. The van der Waals surface area contributed by atoms with Crippen LogP contribution in [-0.2, 0) is 0 Å². The minimum absolute atomic E-state index is 0.165. The Morgan fingerprint density at radius 2 is 1.50 bits per heavy atom. The van der Waals surface area contributed by atoms with Gasteiger partial charge in [-0.15, -0.1) is 0 Å². The van der Waals surface area contributed by atoms with Crippen molar-refractivity contribution in [3.05, 3.63) is 0 Å². The summed E-state index contributed by atoms with van der Waals surface area (Å²) in [5, 5.41) is 27.9. The van der Waals surface area contributed by atoms with E-state index in [0.29, 0.717) is 25.8 Å². The molecule has 0 radical (unpaired) electrons. The Morgan fingerprint density at radius 1 is 1.00 bits per heavy atom. The summed E-state index contributed by atoms with van der Waals surface area (Å²) < 4.78 is 0. The highest BCUT2D eigenvalue weighted by atomic mass is 16.3. The summed E-state index contributed by atoms with van der Waals surface area (Å²) in [7, 11) is 0. The van der Waals surface area contributed by atoms with Crippen molar-refractivity contribution >= 4 is 0 Å². The van der Waals surface area contributed by atoms with Gasteiger partial charge in [-0.05, 0) is 25.7 Å². The SMILES string of the molecule is CCC(O)N(CCCCO)C(O)CC. The van der Waals surface area contributed by atoms with E-state index in [-0.39, 0.29) is 6.61 Å². The van der Waals surface area contributed by atoms with E-state index in [0.717, 1.165) is 6.42 Å². The predicted octanol–water partition coefficient (Wildman–Crippen LogP) is 0.518. The second-order valence-electron chi connectivity index (χ2n) is 3.45. The molecule has 0 aromatic rings. The molecule has 0 saturated carbocycles. The van der Waals surface area contributed by atoms with Crippen LogP contribution in [0.15, 0.2) is 0 Å². The second-order valence-corrected chi connectivity index (χ2v) is 3.45. The molecule has 0 bridgehead atoms. The van der Waals surface area contributed by atoms with E-state index in [4.69, 9.17) is 5.11 Å². The summed E-state index contributed by atoms with van der Waals surface area (Å²) in [5.74, 6) is 0. The zero-order chi connectivity index (χ0) is 11.0. The molecule has 0 aliphatic rings. The molecule has 0 aliphatic heterocycles. The zero-order valence-corrected chi connectivity index (χ0v) is 9.19. The van der Waals surface area contributed by atoms with Gasteiger partial charge in [0.2, 0.25) is 0 Å². The first-order valence-corrected chi connectivity index (χ1v) is 5.40. The Balaban J connectivity index is 3.97. The van der Waals surface area contributed by atoms with Gasteiger partial charge in [0.1, 0.15) is 12.5 Å². The van der Waals surface area contributed by atoms with Gasteiger partial charge in [-0.25, -0.2) is 0 Å². The molecule has 0 amide bonds. The normalized spacial score (nSPS) is 15.9. The molecule has 4 nitrogen and oxygen atoms in total. The van der Waals surface area contributed by atoms with Gasteiger partial charge >= 0.3 is 0 Å². The fourth-order valence-electron chi connectivity index (χ4n) is 1.37. The second kappa shape index (κ2) is 8.17. The molecule has 0 spiro atoms. The molecule has 0 fully saturated rings. The molecule has 0 aromatic heterocycles. The number of hydrogen-bond acceptors (Lipinski definition) is 4. The lowest BCUT2D eigenvalue weighted by Crippen LogP contribution is -2.43. The van der Waals surface area contributed by atoms with Crippen LogP contribution < -0.4 is 0 Å². The van der Waals surface area contributed by atoms with Crippen molar-refractivity contribution < 1.29 is 15.3 Å². The van der Waals surface area contributed by atoms with Crippen LogP contribution in [0.5, 0.6) is 0 Å². The van der Waals surface area contributed by atoms with Gasteiger partial charge in [-0.3, -0.25) is 4.90 Å². The summed E-state index contributed by atoms with van der Waals surface area (Å²) in [6, 6.07) is 0. The minimum atomic E-state index is -0.580. The summed E-state index contributed by atoms with van der Waals surface area (Å²) in [5.41, 5.74) is 0. The number of hydrogen-bond donors (Lipinski definition) is 3. The monoisotopic (exact) mass is 205 g/mol. The van der Waals surface area contributed by atoms with E-state index < -0.39 is 12.5 Å². The van der Waals surface area contributed by atoms with Crippen molar-refractivity contribution in [3.8, 4) is 0 Å². The first-order valence-electron chi connectivity index (χ1n) is 5.40. The highest BCUT2D eigenvalue weighted by molar-refractivity contribution is 4.63. The molecule has 0 rings (SSSR count). The van der Waals surface area contributed by atoms with Crippen LogP contribution in [0.3, 0.4) is 0 Å². The molecule has 0 aliphatic carbocycles. The molecule has 86 valence electrons. The van der Waals surface area contributed by atoms with Crippen molar-refractivity contribution in [2.75, 3.05) is 13.2 Å². The third-order valence-electron chi connectivity index (χ3n) is 2.32. The third-order valence-corrected chi connectivity index (χ3v) is 2.32. The first-order chi connectivity index (χ1) is 6.67. The summed E-state index contributed by atoms with van der Waals surface area (Å²) in [6.45, 7) is 4.56. The lowest BCUT2D eigenvalue weighted by molar-refractivity contribution is -0.104. The van der Waals surface area contributed by atoms with E-state index in [1.807, 2.05) is 13.8 Å². The number of nitrogens with zero attached hydrogens (tertiary/aromatic N) is 1. The van der Waals surface area contributed by atoms with Gasteiger partial charge in [-0.2, -0.15) is 0 Å². The van der Waals surface area contributed by atoms with Gasteiger partial charge in [-0.1, -0.05) is 13.8 Å². The maximum atomic E-state index is 9.62. The standard InChI is InChI=1S/C10H23NO3/c1-3-9(13)11(10(14)4-2)7-5-6-8-12/h9-10,12-14H,3-8H2,1-2H3. The largest absolute Gasteiger partial charge is 0.396 e. The van der Waals surface area contributed by atoms with E-state index in [9.17, 15) is 10.2 Å². The maximum absolute atomic E-state index is 9.62. The number of aliphatic hydroxyl groups is 3. The van der Waals surface area contributed by atoms with Crippen LogP contribution in [0.25, 0.3) is 0 Å². The Morgan fingerprint density at radius 3 is 1.86 bits per heavy atom. The van der Waals surface area contributed by atoms with Crippen molar-refractivity contribution in [3.63, 3.8) is 0 Å². The Kier molecular flexibility index (Phi) is 8.08. The van der Waals surface area contributed by atoms with Crippen molar-refractivity contribution in [1.82, 2.24) is 4.90 Å². The fraction of sp³-hybridized carbons (Fsp3) is 1.00. The molecule has 14 heavy (non-hydrogen) atoms. The van der Waals surface area contributed by atoms with Gasteiger partial charge in [0.05, 0.1) is 0 Å². The van der Waals surface area contributed by atoms with E-state index in [2.05, 4.69) is 0 Å². The summed E-state index contributed by atoms with van der Waals surface area (Å²) >= 11 is 0. The Hall–Kier alpha value is -0.160. The van der Waals surface area contributed by atoms with Crippen molar-refractivity contribution in [1.29, 1.82) is 0 Å². The zero-order valence-electron chi connectivity index (χ0n) is 9.19. The van der Waals surface area contributed by atoms with Gasteiger partial charge in [0.15, 0.2) is 0 Å². The van der Waals surface area contributed by atoms with Gasteiger partial charge in [0, 0.05) is 13.2 Å². The van der Waals surface area contributed by atoms with Crippen LogP contribution in [0.1, 0.15) is 39.5 Å². The molecule has 0 aromatic carbocycles. The summed E-state index contributed by atoms with van der Waals surface area (Å²) in [4.78, 5) is 1.68. The molecular weight excluding hydrogens is 182 g/mol. The van der Waals surface area contributed by atoms with Crippen LogP contribution in [0, 0.1) is 0 Å². The third kappa shape index (κ3) is 4.91. The highest BCUT2D eigenvalue weighted by Gasteiger charge is 2.19. The molecular formula is C10H23NO3. The fourth-order valence-corrected chi connectivity index (χ4v) is 1.37. The molecule has 0 saturated heterocycles. The van der Waals surface area contributed by atoms with Gasteiger partial charge in [0.25, 0.3) is 0 Å². The Labute approximate surface area is 86.2 Å². The van der Waals surface area contributed by atoms with Crippen LogP contribution >= 0.6 is 0 Å². The van der Waals surface area contributed by atoms with Gasteiger partial charge < -0.3 is 15.3 Å². The topological polar surface area (TPSA) is 63.9 Å². The van der Waals surface area contributed by atoms with Crippen LogP contribution in [-0.4, -0.2) is 45.8 Å². The van der Waals surface area contributed by atoms with Crippen LogP contribution in [0.4, 0.5) is 0 Å². The molecule has 2 atom stereocenters. The lowest BCUT2D eigenvalue weighted by atomic mass is 10.2. The minimum Gasteiger partial charge on any atom is -0.396 e. The smallest absolute Gasteiger partial charge is 0.109 e. The number of rotatable bonds is 8. The summed E-state index contributed by atoms with van der Waals surface area (Å²) in [6.07, 6.45) is 1.56. The number of unbranched alkanes of at least 4 members (excludes halogenated alkanes) is 1. The quantitative estimate of drug-likeness (QED) is 0.399. The average Bonchev–Trinajstić information content (AvgIpc) is 2.22. The number of aliphatic hydroxyl groups excluding tert-OH is 3. The maximum Gasteiger partial charge on any atom is 0.109 e. The predicted molar refractivity (Wildman–Crippen MR) is 55.6 cm³/mol. The average molecular weight is 205 g/mol. The van der Waals surface area contributed by atoms with E-state index in [1.54, 1.807) is 4.90 Å². The van der Waals surface area contributed by atoms with Crippen molar-refractivity contribution in [2.24, 2.45) is 0 Å². The van der Waals surface area contributed by atoms with E-state index >= 15 is 0 Å². The highest BCUT2D eigenvalue weighted by Crippen LogP contribution is 2.09. The van der Waals surface area contributed by atoms with E-state index in [1.165, 1.54) is 0 Å². The molecule has 3 N–H and O–H groups in total.